The summed E-state index contributed by atoms with van der Waals surface area (Å²) in [6.07, 6.45) is 2.34. The normalized spacial score (nSPS) is 11.2. The number of halogens is 1. The average molecular weight is 456 g/mol. The quantitative estimate of drug-likeness (QED) is 0.459. The molecule has 0 saturated heterocycles. The van der Waals surface area contributed by atoms with Gasteiger partial charge in [0.15, 0.2) is 0 Å². The van der Waals surface area contributed by atoms with Crippen LogP contribution in [0.25, 0.3) is 0 Å². The second kappa shape index (κ2) is 10.2. The molecule has 1 amide bonds. The zero-order valence-electron chi connectivity index (χ0n) is 16.9. The van der Waals surface area contributed by atoms with Gasteiger partial charge in [0.05, 0.1) is 39.5 Å². The first kappa shape index (κ1) is 23.3. The first-order valence-electron chi connectivity index (χ1n) is 8.54. The number of carbonyl (C=O) groups excluding carboxylic acids is 1. The highest BCUT2D eigenvalue weighted by Crippen LogP contribution is 2.32. The molecule has 0 bridgehead atoms. The van der Waals surface area contributed by atoms with Crippen LogP contribution in [0.2, 0.25) is 5.02 Å². The average Bonchev–Trinajstić information content (AvgIpc) is 2.71. The third kappa shape index (κ3) is 6.01. The lowest BCUT2D eigenvalue weighted by atomic mass is 10.2. The third-order valence-corrected chi connectivity index (χ3v) is 5.29. The summed E-state index contributed by atoms with van der Waals surface area (Å²) < 4.78 is 41.0. The summed E-state index contributed by atoms with van der Waals surface area (Å²) in [5.74, 6) is 0.693. The van der Waals surface area contributed by atoms with Gasteiger partial charge in [-0.1, -0.05) is 11.6 Å². The summed E-state index contributed by atoms with van der Waals surface area (Å²) in [5, 5.41) is 4.17. The second-order valence-corrected chi connectivity index (χ2v) is 8.33. The van der Waals surface area contributed by atoms with Crippen LogP contribution in [-0.4, -0.2) is 54.7 Å². The van der Waals surface area contributed by atoms with Crippen LogP contribution in [0.15, 0.2) is 41.5 Å². The maximum absolute atomic E-state index is 12.4. The molecule has 0 atom stereocenters. The number of sulfonamides is 1. The molecule has 0 aliphatic rings. The van der Waals surface area contributed by atoms with Gasteiger partial charge in [-0.2, -0.15) is 5.10 Å². The molecule has 0 fully saturated rings. The fourth-order valence-corrected chi connectivity index (χ4v) is 3.54. The van der Waals surface area contributed by atoms with Crippen LogP contribution in [0.5, 0.6) is 17.2 Å². The van der Waals surface area contributed by atoms with Crippen molar-refractivity contribution in [3.05, 3.63) is 47.0 Å². The van der Waals surface area contributed by atoms with E-state index >= 15 is 0 Å². The van der Waals surface area contributed by atoms with Crippen molar-refractivity contribution in [2.45, 2.75) is 0 Å². The lowest BCUT2D eigenvalue weighted by Gasteiger charge is -2.23. The molecule has 0 heterocycles. The molecule has 11 heteroatoms. The van der Waals surface area contributed by atoms with Gasteiger partial charge in [-0.3, -0.25) is 9.10 Å². The van der Waals surface area contributed by atoms with E-state index in [1.807, 2.05) is 0 Å². The van der Waals surface area contributed by atoms with Gasteiger partial charge in [0, 0.05) is 10.6 Å². The van der Waals surface area contributed by atoms with E-state index in [2.05, 4.69) is 10.5 Å². The van der Waals surface area contributed by atoms with E-state index in [0.29, 0.717) is 22.1 Å². The summed E-state index contributed by atoms with van der Waals surface area (Å²) in [5.41, 5.74) is 3.00. The van der Waals surface area contributed by atoms with E-state index in [4.69, 9.17) is 25.8 Å². The zero-order chi connectivity index (χ0) is 22.3. The Kier molecular flexibility index (Phi) is 7.90. The van der Waals surface area contributed by atoms with Crippen molar-refractivity contribution in [3.63, 3.8) is 0 Å². The van der Waals surface area contributed by atoms with Gasteiger partial charge in [0.2, 0.25) is 10.0 Å². The van der Waals surface area contributed by atoms with Gasteiger partial charge in [-0.25, -0.2) is 13.8 Å². The van der Waals surface area contributed by atoms with Crippen LogP contribution in [0.4, 0.5) is 5.69 Å². The molecule has 162 valence electrons. The maximum atomic E-state index is 12.4. The number of nitrogens with zero attached hydrogens (tertiary/aromatic N) is 2. The Morgan fingerprint density at radius 1 is 1.10 bits per heavy atom. The topological polar surface area (TPSA) is 107 Å². The minimum atomic E-state index is -3.81. The van der Waals surface area contributed by atoms with Crippen LogP contribution in [0.1, 0.15) is 5.56 Å². The van der Waals surface area contributed by atoms with Gasteiger partial charge in [0.25, 0.3) is 5.91 Å². The summed E-state index contributed by atoms with van der Waals surface area (Å²) in [6.45, 7) is -0.526. The fourth-order valence-electron chi connectivity index (χ4n) is 2.52. The molecule has 0 aliphatic carbocycles. The van der Waals surface area contributed by atoms with Gasteiger partial charge < -0.3 is 14.2 Å². The Morgan fingerprint density at radius 3 is 2.37 bits per heavy atom. The molecule has 1 N–H and O–H groups in total. The smallest absolute Gasteiger partial charge is 0.260 e. The molecule has 0 radical (unpaired) electrons. The van der Waals surface area contributed by atoms with E-state index in [9.17, 15) is 13.2 Å². The van der Waals surface area contributed by atoms with Crippen molar-refractivity contribution >= 4 is 39.4 Å². The van der Waals surface area contributed by atoms with Crippen LogP contribution in [0.3, 0.4) is 0 Å². The highest BCUT2D eigenvalue weighted by molar-refractivity contribution is 7.92. The molecule has 0 aromatic heterocycles. The molecular weight excluding hydrogens is 434 g/mol. The number of hydrogen-bond acceptors (Lipinski definition) is 7. The third-order valence-electron chi connectivity index (χ3n) is 3.93. The maximum Gasteiger partial charge on any atom is 0.260 e. The van der Waals surface area contributed by atoms with Crippen LogP contribution in [-0.2, 0) is 14.8 Å². The number of hydrazone groups is 1. The minimum Gasteiger partial charge on any atom is -0.497 e. The van der Waals surface area contributed by atoms with Crippen molar-refractivity contribution in [2.75, 3.05) is 38.4 Å². The number of ether oxygens (including phenoxy) is 3. The highest BCUT2D eigenvalue weighted by Gasteiger charge is 2.24. The Bertz CT molecular complexity index is 1040. The van der Waals surface area contributed by atoms with Crippen molar-refractivity contribution in [3.8, 4) is 17.2 Å². The Morgan fingerprint density at radius 2 is 1.77 bits per heavy atom. The van der Waals surface area contributed by atoms with Crippen molar-refractivity contribution in [1.82, 2.24) is 5.43 Å². The molecule has 2 aromatic rings. The number of amides is 1. The van der Waals surface area contributed by atoms with E-state index < -0.39 is 22.5 Å². The van der Waals surface area contributed by atoms with E-state index in [-0.39, 0.29) is 11.4 Å². The summed E-state index contributed by atoms with van der Waals surface area (Å²) >= 11 is 5.99. The number of methoxy groups -OCH3 is 3. The lowest BCUT2D eigenvalue weighted by Crippen LogP contribution is -2.39. The molecule has 9 nitrogen and oxygen atoms in total. The Balaban J connectivity index is 2.21. The second-order valence-electron chi connectivity index (χ2n) is 5.99. The van der Waals surface area contributed by atoms with Gasteiger partial charge >= 0.3 is 0 Å². The summed E-state index contributed by atoms with van der Waals surface area (Å²) in [6, 6.07) is 9.56. The van der Waals surface area contributed by atoms with Gasteiger partial charge in [0.1, 0.15) is 23.8 Å². The summed E-state index contributed by atoms with van der Waals surface area (Å²) in [7, 11) is 0.596. The minimum absolute atomic E-state index is 0.140. The highest BCUT2D eigenvalue weighted by atomic mass is 35.5. The predicted octanol–water partition coefficient (Wildman–Crippen LogP) is 2.28. The number of benzene rings is 2. The lowest BCUT2D eigenvalue weighted by molar-refractivity contribution is -0.119. The van der Waals surface area contributed by atoms with Gasteiger partial charge in [-0.15, -0.1) is 0 Å². The SMILES string of the molecule is COc1ccc(OC)c(/C=N\NC(=O)CN(c2cc(Cl)ccc2OC)S(C)(=O)=O)c1. The van der Waals surface area contributed by atoms with E-state index in [1.54, 1.807) is 24.3 Å². The molecule has 0 spiro atoms. The molecule has 0 unspecified atom stereocenters. The first-order chi connectivity index (χ1) is 14.2. The van der Waals surface area contributed by atoms with Crippen LogP contribution >= 0.6 is 11.6 Å². The molecular formula is C19H22ClN3O6S. The number of hydrogen-bond donors (Lipinski definition) is 1. The van der Waals surface area contributed by atoms with Crippen LogP contribution in [0, 0.1) is 0 Å². The Hall–Kier alpha value is -2.98. The van der Waals surface area contributed by atoms with Gasteiger partial charge in [-0.05, 0) is 36.4 Å². The fraction of sp³-hybridized carbons (Fsp3) is 0.263. The molecule has 0 saturated carbocycles. The molecule has 2 rings (SSSR count). The molecule has 30 heavy (non-hydrogen) atoms. The summed E-state index contributed by atoms with van der Waals surface area (Å²) in [4.78, 5) is 12.4. The van der Waals surface area contributed by atoms with Crippen LogP contribution < -0.4 is 23.9 Å². The number of nitrogens with one attached hydrogen (secondary N) is 1. The standard InChI is InChI=1S/C19H22ClN3O6S/c1-27-15-6-8-17(28-2)13(9-15)11-21-22-19(24)12-23(30(4,25)26)16-10-14(20)5-7-18(16)29-3/h5-11H,12H2,1-4H3,(H,22,24)/b21-11-. The number of rotatable bonds is 9. The van der Waals surface area contributed by atoms with Crippen molar-refractivity contribution in [2.24, 2.45) is 5.10 Å². The first-order valence-corrected chi connectivity index (χ1v) is 10.8. The predicted molar refractivity (Wildman–Crippen MR) is 115 cm³/mol. The van der Waals surface area contributed by atoms with Crippen molar-refractivity contribution in [1.29, 1.82) is 0 Å². The monoisotopic (exact) mass is 455 g/mol. The molecule has 0 aliphatic heterocycles. The zero-order valence-corrected chi connectivity index (χ0v) is 18.5. The number of anilines is 1. The molecule has 2 aromatic carbocycles. The van der Waals surface area contributed by atoms with E-state index in [1.165, 1.54) is 39.7 Å². The largest absolute Gasteiger partial charge is 0.497 e. The van der Waals surface area contributed by atoms with Crippen molar-refractivity contribution < 1.29 is 27.4 Å². The number of carbonyl (C=O) groups is 1. The van der Waals surface area contributed by atoms with E-state index in [0.717, 1.165) is 10.6 Å². The Labute approximate surface area is 180 Å².